The molecular formula is C16H23NO. The highest BCUT2D eigenvalue weighted by Crippen LogP contribution is 2.30. The quantitative estimate of drug-likeness (QED) is 0.864. The zero-order chi connectivity index (χ0) is 12.2. The molecule has 0 bridgehead atoms. The number of hydrogen-bond acceptors (Lipinski definition) is 2. The second kappa shape index (κ2) is 5.85. The Morgan fingerprint density at radius 1 is 0.778 bits per heavy atom. The normalized spacial score (nSPS) is 23.1. The predicted octanol–water partition coefficient (Wildman–Crippen LogP) is 3.05. The van der Waals surface area contributed by atoms with Crippen molar-refractivity contribution in [3.63, 3.8) is 0 Å². The third kappa shape index (κ3) is 2.76. The van der Waals surface area contributed by atoms with Crippen molar-refractivity contribution in [3.8, 4) is 0 Å². The summed E-state index contributed by atoms with van der Waals surface area (Å²) >= 11 is 0. The summed E-state index contributed by atoms with van der Waals surface area (Å²) < 4.78 is 5.43. The highest BCUT2D eigenvalue weighted by molar-refractivity contribution is 5.28. The molecule has 18 heavy (non-hydrogen) atoms. The molecule has 0 amide bonds. The van der Waals surface area contributed by atoms with E-state index in [-0.39, 0.29) is 0 Å². The van der Waals surface area contributed by atoms with Crippen LogP contribution in [0.5, 0.6) is 0 Å². The second-order valence-corrected chi connectivity index (χ2v) is 5.58. The van der Waals surface area contributed by atoms with E-state index in [9.17, 15) is 0 Å². The summed E-state index contributed by atoms with van der Waals surface area (Å²) in [4.78, 5) is 0. The van der Waals surface area contributed by atoms with Gasteiger partial charge in [-0.25, -0.2) is 0 Å². The number of piperidine rings is 1. The van der Waals surface area contributed by atoms with E-state index in [4.69, 9.17) is 4.74 Å². The lowest BCUT2D eigenvalue weighted by Crippen LogP contribution is -2.26. The molecule has 0 saturated carbocycles. The van der Waals surface area contributed by atoms with Gasteiger partial charge in [0.05, 0.1) is 0 Å². The van der Waals surface area contributed by atoms with Gasteiger partial charge < -0.3 is 10.1 Å². The molecule has 2 heteroatoms. The topological polar surface area (TPSA) is 21.3 Å². The van der Waals surface area contributed by atoms with Gasteiger partial charge in [0.2, 0.25) is 0 Å². The maximum absolute atomic E-state index is 5.43. The fourth-order valence-electron chi connectivity index (χ4n) is 3.23. The molecule has 0 unspecified atom stereocenters. The van der Waals surface area contributed by atoms with Gasteiger partial charge in [0.15, 0.2) is 0 Å². The van der Waals surface area contributed by atoms with Crippen LogP contribution >= 0.6 is 0 Å². The monoisotopic (exact) mass is 245 g/mol. The SMILES string of the molecule is c1cc(C2CCOCC2)ccc1C1CCNCC1. The summed E-state index contributed by atoms with van der Waals surface area (Å²) in [7, 11) is 0. The smallest absolute Gasteiger partial charge is 0.0471 e. The van der Waals surface area contributed by atoms with Gasteiger partial charge in [-0.1, -0.05) is 24.3 Å². The minimum atomic E-state index is 0.723. The Hall–Kier alpha value is -0.860. The van der Waals surface area contributed by atoms with Crippen molar-refractivity contribution < 1.29 is 4.74 Å². The number of rotatable bonds is 2. The van der Waals surface area contributed by atoms with Crippen LogP contribution in [0.4, 0.5) is 0 Å². The van der Waals surface area contributed by atoms with E-state index in [1.165, 1.54) is 49.9 Å². The molecule has 2 nitrogen and oxygen atoms in total. The van der Waals surface area contributed by atoms with Crippen molar-refractivity contribution >= 4 is 0 Å². The summed E-state index contributed by atoms with van der Waals surface area (Å²) in [5.74, 6) is 1.50. The van der Waals surface area contributed by atoms with Gasteiger partial charge >= 0.3 is 0 Å². The van der Waals surface area contributed by atoms with Gasteiger partial charge in [0.1, 0.15) is 0 Å². The standard InChI is InChI=1S/C16H23NO/c1-3-14(16-7-11-18-12-8-16)4-2-13(1)15-5-9-17-10-6-15/h1-4,15-17H,5-12H2. The summed E-state index contributed by atoms with van der Waals surface area (Å²) in [5, 5.41) is 3.43. The molecular weight excluding hydrogens is 222 g/mol. The van der Waals surface area contributed by atoms with Crippen molar-refractivity contribution in [1.29, 1.82) is 0 Å². The number of hydrogen-bond donors (Lipinski definition) is 1. The van der Waals surface area contributed by atoms with Crippen molar-refractivity contribution in [2.75, 3.05) is 26.3 Å². The van der Waals surface area contributed by atoms with E-state index < -0.39 is 0 Å². The average molecular weight is 245 g/mol. The van der Waals surface area contributed by atoms with E-state index in [1.807, 2.05) is 0 Å². The van der Waals surface area contributed by atoms with E-state index >= 15 is 0 Å². The molecule has 1 aromatic rings. The summed E-state index contributed by atoms with van der Waals surface area (Å²) in [6.45, 7) is 4.21. The molecule has 2 aliphatic rings. The molecule has 2 saturated heterocycles. The summed E-state index contributed by atoms with van der Waals surface area (Å²) in [6.07, 6.45) is 4.95. The summed E-state index contributed by atoms with van der Waals surface area (Å²) in [6, 6.07) is 9.43. The van der Waals surface area contributed by atoms with Crippen molar-refractivity contribution in [2.45, 2.75) is 37.5 Å². The Balaban J connectivity index is 1.67. The molecule has 3 rings (SSSR count). The predicted molar refractivity (Wildman–Crippen MR) is 74.1 cm³/mol. The Kier molecular flexibility index (Phi) is 3.96. The first-order valence-corrected chi connectivity index (χ1v) is 7.32. The number of nitrogens with one attached hydrogen (secondary N) is 1. The maximum atomic E-state index is 5.43. The van der Waals surface area contributed by atoms with E-state index in [1.54, 1.807) is 0 Å². The lowest BCUT2D eigenvalue weighted by molar-refractivity contribution is 0.0853. The van der Waals surface area contributed by atoms with Crippen molar-refractivity contribution in [3.05, 3.63) is 35.4 Å². The zero-order valence-corrected chi connectivity index (χ0v) is 11.0. The molecule has 0 spiro atoms. The molecule has 0 aliphatic carbocycles. The van der Waals surface area contributed by atoms with Crippen LogP contribution in [-0.2, 0) is 4.74 Å². The highest BCUT2D eigenvalue weighted by atomic mass is 16.5. The molecule has 0 aromatic heterocycles. The largest absolute Gasteiger partial charge is 0.381 e. The fraction of sp³-hybridized carbons (Fsp3) is 0.625. The van der Waals surface area contributed by atoms with Gasteiger partial charge in [-0.3, -0.25) is 0 Å². The average Bonchev–Trinajstić information content (AvgIpc) is 2.49. The van der Waals surface area contributed by atoms with E-state index in [0.29, 0.717) is 0 Å². The van der Waals surface area contributed by atoms with E-state index in [2.05, 4.69) is 29.6 Å². The first-order valence-electron chi connectivity index (χ1n) is 7.32. The maximum Gasteiger partial charge on any atom is 0.0471 e. The van der Waals surface area contributed by atoms with Crippen LogP contribution in [0.3, 0.4) is 0 Å². The third-order valence-corrected chi connectivity index (χ3v) is 4.44. The Labute approximate surface area is 110 Å². The minimum absolute atomic E-state index is 0.723. The second-order valence-electron chi connectivity index (χ2n) is 5.58. The molecule has 2 heterocycles. The van der Waals surface area contributed by atoms with Crippen molar-refractivity contribution in [1.82, 2.24) is 5.32 Å². The van der Waals surface area contributed by atoms with Crippen molar-refractivity contribution in [2.24, 2.45) is 0 Å². The Bertz CT molecular complexity index is 324. The van der Waals surface area contributed by atoms with Crippen LogP contribution in [0.2, 0.25) is 0 Å². The summed E-state index contributed by atoms with van der Waals surface area (Å²) in [5.41, 5.74) is 3.04. The third-order valence-electron chi connectivity index (χ3n) is 4.44. The first-order chi connectivity index (χ1) is 8.93. The molecule has 0 radical (unpaired) electrons. The number of ether oxygens (including phenoxy) is 1. The Morgan fingerprint density at radius 3 is 1.83 bits per heavy atom. The van der Waals surface area contributed by atoms with Gasteiger partial charge in [0, 0.05) is 13.2 Å². The van der Waals surface area contributed by atoms with E-state index in [0.717, 1.165) is 25.0 Å². The fourth-order valence-corrected chi connectivity index (χ4v) is 3.23. The first kappa shape index (κ1) is 12.2. The van der Waals surface area contributed by atoms with Crippen LogP contribution in [0.15, 0.2) is 24.3 Å². The van der Waals surface area contributed by atoms with Gasteiger partial charge in [-0.2, -0.15) is 0 Å². The molecule has 0 atom stereocenters. The molecule has 1 aromatic carbocycles. The lowest BCUT2D eigenvalue weighted by Gasteiger charge is -2.25. The molecule has 2 fully saturated rings. The van der Waals surface area contributed by atoms with Crippen LogP contribution in [0.25, 0.3) is 0 Å². The van der Waals surface area contributed by atoms with Gasteiger partial charge in [0.25, 0.3) is 0 Å². The lowest BCUT2D eigenvalue weighted by atomic mass is 9.87. The van der Waals surface area contributed by atoms with Gasteiger partial charge in [-0.15, -0.1) is 0 Å². The van der Waals surface area contributed by atoms with Crippen LogP contribution in [0.1, 0.15) is 48.6 Å². The van der Waals surface area contributed by atoms with Crippen LogP contribution in [0, 0.1) is 0 Å². The minimum Gasteiger partial charge on any atom is -0.381 e. The zero-order valence-electron chi connectivity index (χ0n) is 11.0. The van der Waals surface area contributed by atoms with Gasteiger partial charge in [-0.05, 0) is 61.7 Å². The number of benzene rings is 1. The molecule has 2 aliphatic heterocycles. The Morgan fingerprint density at radius 2 is 1.28 bits per heavy atom. The van der Waals surface area contributed by atoms with Crippen LogP contribution in [-0.4, -0.2) is 26.3 Å². The highest BCUT2D eigenvalue weighted by Gasteiger charge is 2.18. The van der Waals surface area contributed by atoms with Crippen LogP contribution < -0.4 is 5.32 Å². The molecule has 1 N–H and O–H groups in total. The molecule has 98 valence electrons.